The first-order valence-corrected chi connectivity index (χ1v) is 7.67. The zero-order chi connectivity index (χ0) is 15.7. The predicted molar refractivity (Wildman–Crippen MR) is 83.3 cm³/mol. The molecule has 0 atom stereocenters. The summed E-state index contributed by atoms with van der Waals surface area (Å²) in [5.41, 5.74) is 3.05. The number of carbonyl (C=O) groups is 1. The van der Waals surface area contributed by atoms with Crippen LogP contribution in [0.3, 0.4) is 0 Å². The van der Waals surface area contributed by atoms with Gasteiger partial charge in [0.1, 0.15) is 0 Å². The quantitative estimate of drug-likeness (QED) is 0.814. The largest absolute Gasteiger partial charge is 0.469 e. The molecule has 0 unspecified atom stereocenters. The van der Waals surface area contributed by atoms with Gasteiger partial charge in [-0.15, -0.1) is 0 Å². The van der Waals surface area contributed by atoms with E-state index in [-0.39, 0.29) is 17.9 Å². The summed E-state index contributed by atoms with van der Waals surface area (Å²) in [6.45, 7) is 4.27. The maximum absolute atomic E-state index is 11.4. The standard InChI is InChI=1S/C17H21N3O2/c1-11(2)15-5-4-6-16(19-15)13-9-18-20(10-13)14-7-12(8-14)17(21)22-3/h4-6,9-12,14H,7-8H2,1-3H3. The lowest BCUT2D eigenvalue weighted by Crippen LogP contribution is -2.33. The lowest BCUT2D eigenvalue weighted by molar-refractivity contribution is -0.149. The molecule has 2 aromatic heterocycles. The molecule has 22 heavy (non-hydrogen) atoms. The fourth-order valence-electron chi connectivity index (χ4n) is 2.77. The molecule has 1 aliphatic rings. The zero-order valence-corrected chi connectivity index (χ0v) is 13.2. The second-order valence-corrected chi connectivity index (χ2v) is 6.16. The Morgan fingerprint density at radius 1 is 1.36 bits per heavy atom. The van der Waals surface area contributed by atoms with Crippen LogP contribution >= 0.6 is 0 Å². The molecule has 116 valence electrons. The van der Waals surface area contributed by atoms with Crippen molar-refractivity contribution in [3.8, 4) is 11.3 Å². The molecule has 3 rings (SSSR count). The highest BCUT2D eigenvalue weighted by atomic mass is 16.5. The Bertz CT molecular complexity index is 672. The number of hydrogen-bond donors (Lipinski definition) is 0. The van der Waals surface area contributed by atoms with E-state index in [2.05, 4.69) is 23.9 Å². The van der Waals surface area contributed by atoms with E-state index in [4.69, 9.17) is 4.74 Å². The highest BCUT2D eigenvalue weighted by Gasteiger charge is 2.36. The van der Waals surface area contributed by atoms with E-state index in [1.165, 1.54) is 7.11 Å². The van der Waals surface area contributed by atoms with E-state index in [0.717, 1.165) is 29.8 Å². The monoisotopic (exact) mass is 299 g/mol. The van der Waals surface area contributed by atoms with Crippen LogP contribution in [0.5, 0.6) is 0 Å². The fourth-order valence-corrected chi connectivity index (χ4v) is 2.77. The minimum Gasteiger partial charge on any atom is -0.469 e. The summed E-state index contributed by atoms with van der Waals surface area (Å²) < 4.78 is 6.71. The minimum absolute atomic E-state index is 0.0186. The summed E-state index contributed by atoms with van der Waals surface area (Å²) >= 11 is 0. The fraction of sp³-hybridized carbons (Fsp3) is 0.471. The Hall–Kier alpha value is -2.17. The number of rotatable bonds is 4. The molecule has 5 heteroatoms. The van der Waals surface area contributed by atoms with E-state index in [0.29, 0.717) is 5.92 Å². The lowest BCUT2D eigenvalue weighted by atomic mass is 9.80. The van der Waals surface area contributed by atoms with Gasteiger partial charge in [-0.2, -0.15) is 5.10 Å². The molecule has 0 aromatic carbocycles. The second-order valence-electron chi connectivity index (χ2n) is 6.16. The van der Waals surface area contributed by atoms with Crippen LogP contribution in [0.4, 0.5) is 0 Å². The summed E-state index contributed by atoms with van der Waals surface area (Å²) in [5.74, 6) is 0.308. The van der Waals surface area contributed by atoms with Crippen molar-refractivity contribution in [3.05, 3.63) is 36.3 Å². The van der Waals surface area contributed by atoms with E-state index >= 15 is 0 Å². The maximum Gasteiger partial charge on any atom is 0.308 e. The Morgan fingerprint density at radius 2 is 2.14 bits per heavy atom. The van der Waals surface area contributed by atoms with Crippen molar-refractivity contribution in [2.24, 2.45) is 5.92 Å². The summed E-state index contributed by atoms with van der Waals surface area (Å²) in [5, 5.41) is 4.43. The molecule has 1 aliphatic carbocycles. The molecule has 1 saturated carbocycles. The molecule has 0 spiro atoms. The molecule has 1 fully saturated rings. The van der Waals surface area contributed by atoms with Crippen LogP contribution in [-0.2, 0) is 9.53 Å². The topological polar surface area (TPSA) is 57.0 Å². The third-order valence-electron chi connectivity index (χ3n) is 4.28. The van der Waals surface area contributed by atoms with Crippen LogP contribution in [0.15, 0.2) is 30.6 Å². The summed E-state index contributed by atoms with van der Waals surface area (Å²) in [4.78, 5) is 16.1. The van der Waals surface area contributed by atoms with Gasteiger partial charge in [0.2, 0.25) is 0 Å². The van der Waals surface area contributed by atoms with Crippen molar-refractivity contribution in [1.29, 1.82) is 0 Å². The van der Waals surface area contributed by atoms with Gasteiger partial charge in [0, 0.05) is 17.5 Å². The summed E-state index contributed by atoms with van der Waals surface area (Å²) in [6, 6.07) is 6.37. The van der Waals surface area contributed by atoms with Crippen LogP contribution in [0.1, 0.15) is 44.3 Å². The molecule has 0 aliphatic heterocycles. The van der Waals surface area contributed by atoms with Crippen LogP contribution in [0.2, 0.25) is 0 Å². The van der Waals surface area contributed by atoms with Gasteiger partial charge >= 0.3 is 5.97 Å². The smallest absolute Gasteiger partial charge is 0.308 e. The lowest BCUT2D eigenvalue weighted by Gasteiger charge is -2.33. The van der Waals surface area contributed by atoms with Crippen molar-refractivity contribution >= 4 is 5.97 Å². The van der Waals surface area contributed by atoms with E-state index in [9.17, 15) is 4.79 Å². The number of ether oxygens (including phenoxy) is 1. The third kappa shape index (κ3) is 2.75. The van der Waals surface area contributed by atoms with Gasteiger partial charge in [-0.1, -0.05) is 19.9 Å². The molecule has 5 nitrogen and oxygen atoms in total. The minimum atomic E-state index is -0.116. The van der Waals surface area contributed by atoms with Gasteiger partial charge < -0.3 is 4.74 Å². The Kier molecular flexibility index (Phi) is 3.96. The van der Waals surface area contributed by atoms with Crippen LogP contribution in [0.25, 0.3) is 11.3 Å². The van der Waals surface area contributed by atoms with Crippen LogP contribution < -0.4 is 0 Å². The predicted octanol–water partition coefficient (Wildman–Crippen LogP) is 3.19. The normalized spacial score (nSPS) is 20.7. The van der Waals surface area contributed by atoms with Crippen molar-refractivity contribution in [2.45, 2.75) is 38.6 Å². The number of nitrogens with zero attached hydrogens (tertiary/aromatic N) is 3. The first kappa shape index (κ1) is 14.8. The molecule has 0 N–H and O–H groups in total. The first-order chi connectivity index (χ1) is 10.6. The molecule has 2 heterocycles. The number of carbonyl (C=O) groups excluding carboxylic acids is 1. The average Bonchev–Trinajstić information content (AvgIpc) is 2.95. The van der Waals surface area contributed by atoms with E-state index < -0.39 is 0 Å². The highest BCUT2D eigenvalue weighted by molar-refractivity contribution is 5.73. The molecular weight excluding hydrogens is 278 g/mol. The molecule has 0 amide bonds. The molecule has 0 bridgehead atoms. The van der Waals surface area contributed by atoms with Crippen molar-refractivity contribution in [1.82, 2.24) is 14.8 Å². The Labute approximate surface area is 130 Å². The van der Waals surface area contributed by atoms with Crippen LogP contribution in [-0.4, -0.2) is 27.8 Å². The molecule has 2 aromatic rings. The number of aromatic nitrogens is 3. The van der Waals surface area contributed by atoms with E-state index in [1.54, 1.807) is 0 Å². The Balaban J connectivity index is 1.72. The average molecular weight is 299 g/mol. The highest BCUT2D eigenvalue weighted by Crippen LogP contribution is 2.38. The van der Waals surface area contributed by atoms with Crippen molar-refractivity contribution in [2.75, 3.05) is 7.11 Å². The first-order valence-electron chi connectivity index (χ1n) is 7.67. The van der Waals surface area contributed by atoms with Gasteiger partial charge in [-0.3, -0.25) is 14.5 Å². The molecular formula is C17H21N3O2. The van der Waals surface area contributed by atoms with Gasteiger partial charge in [-0.25, -0.2) is 0 Å². The van der Waals surface area contributed by atoms with Gasteiger partial charge in [0.05, 0.1) is 31.0 Å². The molecule has 0 radical (unpaired) electrons. The van der Waals surface area contributed by atoms with Crippen molar-refractivity contribution in [3.63, 3.8) is 0 Å². The summed E-state index contributed by atoms with van der Waals surface area (Å²) in [6.07, 6.45) is 5.46. The molecule has 0 saturated heterocycles. The zero-order valence-electron chi connectivity index (χ0n) is 13.2. The van der Waals surface area contributed by atoms with Crippen LogP contribution in [0, 0.1) is 5.92 Å². The summed E-state index contributed by atoms with van der Waals surface area (Å²) in [7, 11) is 1.44. The van der Waals surface area contributed by atoms with E-state index in [1.807, 2.05) is 35.3 Å². The van der Waals surface area contributed by atoms with Gasteiger partial charge in [-0.05, 0) is 30.9 Å². The van der Waals surface area contributed by atoms with Gasteiger partial charge in [0.15, 0.2) is 0 Å². The number of methoxy groups -OCH3 is 1. The maximum atomic E-state index is 11.4. The Morgan fingerprint density at radius 3 is 2.82 bits per heavy atom. The SMILES string of the molecule is COC(=O)C1CC(n2cc(-c3cccc(C(C)C)n3)cn2)C1. The third-order valence-corrected chi connectivity index (χ3v) is 4.28. The number of hydrogen-bond acceptors (Lipinski definition) is 4. The van der Waals surface area contributed by atoms with Crippen molar-refractivity contribution < 1.29 is 9.53 Å². The van der Waals surface area contributed by atoms with Gasteiger partial charge in [0.25, 0.3) is 0 Å². The number of pyridine rings is 1. The number of esters is 1. The second kappa shape index (κ2) is 5.91.